The van der Waals surface area contributed by atoms with Crippen LogP contribution >= 0.6 is 0 Å². The molecule has 2 aromatic rings. The maximum absolute atomic E-state index is 12.1. The number of aryl methyl sites for hydroxylation is 2. The topological polar surface area (TPSA) is 49.3 Å². The van der Waals surface area contributed by atoms with Gasteiger partial charge in [0, 0.05) is 12.1 Å². The SMILES string of the molecule is Cc1cc(C)cc(C(=O)NCCc2ccc(CO)cc2)c1. The highest BCUT2D eigenvalue weighted by atomic mass is 16.3. The molecule has 0 aliphatic heterocycles. The lowest BCUT2D eigenvalue weighted by Gasteiger charge is -2.07. The van der Waals surface area contributed by atoms with Crippen LogP contribution in [0.25, 0.3) is 0 Å². The third-order valence-corrected chi connectivity index (χ3v) is 3.39. The van der Waals surface area contributed by atoms with Crippen LogP contribution in [0.2, 0.25) is 0 Å². The third-order valence-electron chi connectivity index (χ3n) is 3.39. The maximum atomic E-state index is 12.1. The summed E-state index contributed by atoms with van der Waals surface area (Å²) in [6.45, 7) is 4.65. The van der Waals surface area contributed by atoms with Gasteiger partial charge in [0.1, 0.15) is 0 Å². The number of rotatable bonds is 5. The number of amides is 1. The molecule has 0 aliphatic carbocycles. The molecule has 3 nitrogen and oxygen atoms in total. The lowest BCUT2D eigenvalue weighted by Crippen LogP contribution is -2.25. The molecule has 2 rings (SSSR count). The van der Waals surface area contributed by atoms with E-state index >= 15 is 0 Å². The predicted octanol–water partition coefficient (Wildman–Crippen LogP) is 2.77. The van der Waals surface area contributed by atoms with Gasteiger partial charge in [-0.1, -0.05) is 41.5 Å². The number of hydrogen-bond acceptors (Lipinski definition) is 2. The molecule has 0 radical (unpaired) electrons. The number of aliphatic hydroxyl groups is 1. The average molecular weight is 283 g/mol. The molecule has 0 saturated carbocycles. The monoisotopic (exact) mass is 283 g/mol. The van der Waals surface area contributed by atoms with E-state index in [0.717, 1.165) is 28.7 Å². The van der Waals surface area contributed by atoms with Crippen molar-refractivity contribution in [3.63, 3.8) is 0 Å². The van der Waals surface area contributed by atoms with Crippen molar-refractivity contribution in [1.29, 1.82) is 0 Å². The Hall–Kier alpha value is -2.13. The first kappa shape index (κ1) is 15.3. The molecular formula is C18H21NO2. The Labute approximate surface area is 125 Å². The Kier molecular flexibility index (Phi) is 5.12. The van der Waals surface area contributed by atoms with Crippen LogP contribution in [0.5, 0.6) is 0 Å². The molecule has 1 amide bonds. The van der Waals surface area contributed by atoms with Gasteiger partial charge in [0.05, 0.1) is 6.61 Å². The van der Waals surface area contributed by atoms with Crippen molar-refractivity contribution in [2.45, 2.75) is 26.9 Å². The van der Waals surface area contributed by atoms with E-state index in [-0.39, 0.29) is 12.5 Å². The van der Waals surface area contributed by atoms with Crippen LogP contribution in [0.3, 0.4) is 0 Å². The summed E-state index contributed by atoms with van der Waals surface area (Å²) in [5, 5.41) is 11.9. The summed E-state index contributed by atoms with van der Waals surface area (Å²) in [5.74, 6) is -0.0335. The van der Waals surface area contributed by atoms with Crippen LogP contribution in [0.1, 0.15) is 32.6 Å². The molecule has 0 aliphatic rings. The number of carbonyl (C=O) groups is 1. The van der Waals surface area contributed by atoms with E-state index in [9.17, 15) is 4.79 Å². The van der Waals surface area contributed by atoms with Crippen LogP contribution in [-0.4, -0.2) is 17.6 Å². The molecule has 0 heterocycles. The summed E-state index contributed by atoms with van der Waals surface area (Å²) >= 11 is 0. The number of nitrogens with one attached hydrogen (secondary N) is 1. The van der Waals surface area contributed by atoms with Crippen LogP contribution in [-0.2, 0) is 13.0 Å². The van der Waals surface area contributed by atoms with Gasteiger partial charge in [0.25, 0.3) is 5.91 Å². The molecule has 2 aromatic carbocycles. The Bertz CT molecular complexity index is 597. The number of benzene rings is 2. The molecular weight excluding hydrogens is 262 g/mol. The highest BCUT2D eigenvalue weighted by Gasteiger charge is 2.06. The van der Waals surface area contributed by atoms with Crippen molar-refractivity contribution in [3.05, 3.63) is 70.3 Å². The van der Waals surface area contributed by atoms with E-state index in [1.165, 1.54) is 0 Å². The Morgan fingerprint density at radius 3 is 2.14 bits per heavy atom. The highest BCUT2D eigenvalue weighted by Crippen LogP contribution is 2.09. The second-order valence-corrected chi connectivity index (χ2v) is 5.36. The molecule has 0 saturated heterocycles. The molecule has 0 bridgehead atoms. The summed E-state index contributed by atoms with van der Waals surface area (Å²) in [6.07, 6.45) is 0.780. The molecule has 0 unspecified atom stereocenters. The van der Waals surface area contributed by atoms with Gasteiger partial charge in [-0.05, 0) is 43.5 Å². The summed E-state index contributed by atoms with van der Waals surface area (Å²) in [7, 11) is 0. The smallest absolute Gasteiger partial charge is 0.251 e. The zero-order valence-electron chi connectivity index (χ0n) is 12.5. The fourth-order valence-electron chi connectivity index (χ4n) is 2.34. The van der Waals surface area contributed by atoms with Gasteiger partial charge in [-0.2, -0.15) is 0 Å². The molecule has 0 aromatic heterocycles. The Morgan fingerprint density at radius 2 is 1.57 bits per heavy atom. The average Bonchev–Trinajstić information content (AvgIpc) is 2.47. The van der Waals surface area contributed by atoms with Crippen LogP contribution in [0, 0.1) is 13.8 Å². The van der Waals surface area contributed by atoms with Gasteiger partial charge in [-0.25, -0.2) is 0 Å². The zero-order chi connectivity index (χ0) is 15.2. The Morgan fingerprint density at radius 1 is 1.00 bits per heavy atom. The van der Waals surface area contributed by atoms with Gasteiger partial charge in [-0.15, -0.1) is 0 Å². The summed E-state index contributed by atoms with van der Waals surface area (Å²) in [5.41, 5.74) is 4.95. The lowest BCUT2D eigenvalue weighted by molar-refractivity contribution is 0.0954. The van der Waals surface area contributed by atoms with E-state index in [4.69, 9.17) is 5.11 Å². The van der Waals surface area contributed by atoms with Gasteiger partial charge in [0.2, 0.25) is 0 Å². The fraction of sp³-hybridized carbons (Fsp3) is 0.278. The van der Waals surface area contributed by atoms with E-state index in [1.54, 1.807) is 0 Å². The number of carbonyl (C=O) groups excluding carboxylic acids is 1. The molecule has 2 N–H and O–H groups in total. The standard InChI is InChI=1S/C18H21NO2/c1-13-9-14(2)11-17(10-13)18(21)19-8-7-15-3-5-16(12-20)6-4-15/h3-6,9-11,20H,7-8,12H2,1-2H3,(H,19,21). The normalized spacial score (nSPS) is 10.4. The van der Waals surface area contributed by atoms with E-state index in [1.807, 2.05) is 50.2 Å². The minimum atomic E-state index is -0.0335. The van der Waals surface area contributed by atoms with Gasteiger partial charge in [-0.3, -0.25) is 4.79 Å². The lowest BCUT2D eigenvalue weighted by atomic mass is 10.1. The highest BCUT2D eigenvalue weighted by molar-refractivity contribution is 5.94. The fourth-order valence-corrected chi connectivity index (χ4v) is 2.34. The minimum Gasteiger partial charge on any atom is -0.392 e. The predicted molar refractivity (Wildman–Crippen MR) is 84.3 cm³/mol. The maximum Gasteiger partial charge on any atom is 0.251 e. The van der Waals surface area contributed by atoms with E-state index in [2.05, 4.69) is 11.4 Å². The zero-order valence-corrected chi connectivity index (χ0v) is 12.5. The van der Waals surface area contributed by atoms with E-state index in [0.29, 0.717) is 12.1 Å². The Balaban J connectivity index is 1.88. The number of aliphatic hydroxyl groups excluding tert-OH is 1. The van der Waals surface area contributed by atoms with Gasteiger partial charge < -0.3 is 10.4 Å². The first-order valence-corrected chi connectivity index (χ1v) is 7.13. The largest absolute Gasteiger partial charge is 0.392 e. The van der Waals surface area contributed by atoms with Gasteiger partial charge in [0.15, 0.2) is 0 Å². The first-order chi connectivity index (χ1) is 10.1. The molecule has 21 heavy (non-hydrogen) atoms. The van der Waals surface area contributed by atoms with Crippen molar-refractivity contribution in [3.8, 4) is 0 Å². The summed E-state index contributed by atoms with van der Waals surface area (Å²) in [6, 6.07) is 13.6. The number of hydrogen-bond donors (Lipinski definition) is 2. The molecule has 0 fully saturated rings. The van der Waals surface area contributed by atoms with Crippen molar-refractivity contribution < 1.29 is 9.90 Å². The van der Waals surface area contributed by atoms with Crippen molar-refractivity contribution in [2.24, 2.45) is 0 Å². The van der Waals surface area contributed by atoms with Crippen LogP contribution in [0.15, 0.2) is 42.5 Å². The minimum absolute atomic E-state index is 0.0335. The molecule has 0 atom stereocenters. The third kappa shape index (κ3) is 4.43. The van der Waals surface area contributed by atoms with Crippen LogP contribution < -0.4 is 5.32 Å². The first-order valence-electron chi connectivity index (χ1n) is 7.13. The summed E-state index contributed by atoms with van der Waals surface area (Å²) < 4.78 is 0. The van der Waals surface area contributed by atoms with Crippen molar-refractivity contribution >= 4 is 5.91 Å². The molecule has 3 heteroatoms. The summed E-state index contributed by atoms with van der Waals surface area (Å²) in [4.78, 5) is 12.1. The second kappa shape index (κ2) is 7.04. The van der Waals surface area contributed by atoms with Crippen LogP contribution in [0.4, 0.5) is 0 Å². The molecule has 110 valence electrons. The van der Waals surface area contributed by atoms with E-state index < -0.39 is 0 Å². The quantitative estimate of drug-likeness (QED) is 0.886. The van der Waals surface area contributed by atoms with Crippen molar-refractivity contribution in [1.82, 2.24) is 5.32 Å². The van der Waals surface area contributed by atoms with Crippen molar-refractivity contribution in [2.75, 3.05) is 6.54 Å². The van der Waals surface area contributed by atoms with Gasteiger partial charge >= 0.3 is 0 Å². The second-order valence-electron chi connectivity index (χ2n) is 5.36. The molecule has 0 spiro atoms.